The van der Waals surface area contributed by atoms with E-state index < -0.39 is 0 Å². The smallest absolute Gasteiger partial charge is 0.267 e. The van der Waals surface area contributed by atoms with Gasteiger partial charge in [0.2, 0.25) is 0 Å². The number of amides is 1. The van der Waals surface area contributed by atoms with E-state index >= 15 is 0 Å². The molecule has 0 aromatic heterocycles. The van der Waals surface area contributed by atoms with Crippen molar-refractivity contribution in [2.45, 2.75) is 0 Å². The van der Waals surface area contributed by atoms with E-state index in [9.17, 15) is 4.79 Å². The number of nitrogens with one attached hydrogen (secondary N) is 1. The van der Waals surface area contributed by atoms with Crippen LogP contribution in [0, 0.1) is 0 Å². The molecule has 0 aliphatic heterocycles. The van der Waals surface area contributed by atoms with Gasteiger partial charge in [-0.25, -0.2) is 5.43 Å². The Kier molecular flexibility index (Phi) is 4.60. The molecule has 1 amide bonds. The molecule has 3 aromatic carbocycles. The fourth-order valence-electron chi connectivity index (χ4n) is 2.26. The fourth-order valence-corrected chi connectivity index (χ4v) is 2.75. The van der Waals surface area contributed by atoms with E-state index in [0.717, 1.165) is 16.3 Å². The van der Waals surface area contributed by atoms with E-state index in [1.807, 2.05) is 42.5 Å². The number of hydrazone groups is 1. The standard InChI is InChI=1S/C18H12Cl2N2O/c19-14-8-9-16(17(20)10-14)18(23)22-21-11-13-6-3-5-12-4-1-2-7-15(12)13/h1-11H,(H,22,23). The molecule has 3 rings (SSSR count). The molecule has 0 radical (unpaired) electrons. The van der Waals surface area contributed by atoms with Crippen molar-refractivity contribution in [2.24, 2.45) is 5.10 Å². The summed E-state index contributed by atoms with van der Waals surface area (Å²) in [5.41, 5.74) is 3.72. The number of fused-ring (bicyclic) bond motifs is 1. The lowest BCUT2D eigenvalue weighted by atomic mass is 10.1. The van der Waals surface area contributed by atoms with E-state index in [2.05, 4.69) is 10.5 Å². The lowest BCUT2D eigenvalue weighted by Gasteiger charge is -2.04. The highest BCUT2D eigenvalue weighted by molar-refractivity contribution is 6.36. The predicted octanol–water partition coefficient (Wildman–Crippen LogP) is 4.91. The van der Waals surface area contributed by atoms with E-state index in [1.165, 1.54) is 6.07 Å². The van der Waals surface area contributed by atoms with Crippen LogP contribution >= 0.6 is 23.2 Å². The first-order chi connectivity index (χ1) is 11.1. The second-order valence-electron chi connectivity index (χ2n) is 4.89. The first kappa shape index (κ1) is 15.5. The van der Waals surface area contributed by atoms with Crippen LogP contribution in [-0.4, -0.2) is 12.1 Å². The van der Waals surface area contributed by atoms with Gasteiger partial charge in [0.15, 0.2) is 0 Å². The Morgan fingerprint density at radius 2 is 1.78 bits per heavy atom. The van der Waals surface area contributed by atoms with Gasteiger partial charge >= 0.3 is 0 Å². The molecule has 5 heteroatoms. The SMILES string of the molecule is O=C(NN=Cc1cccc2ccccc12)c1ccc(Cl)cc1Cl. The number of nitrogens with zero attached hydrogens (tertiary/aromatic N) is 1. The van der Waals surface area contributed by atoms with Crippen molar-refractivity contribution in [1.82, 2.24) is 5.43 Å². The lowest BCUT2D eigenvalue weighted by molar-refractivity contribution is 0.0955. The van der Waals surface area contributed by atoms with Crippen LogP contribution in [0.4, 0.5) is 0 Å². The van der Waals surface area contributed by atoms with Crippen molar-refractivity contribution >= 4 is 46.1 Å². The number of carbonyl (C=O) groups excluding carboxylic acids is 1. The zero-order chi connectivity index (χ0) is 16.2. The van der Waals surface area contributed by atoms with Gasteiger partial charge in [0, 0.05) is 10.6 Å². The summed E-state index contributed by atoms with van der Waals surface area (Å²) in [6, 6.07) is 18.6. The fraction of sp³-hybridized carbons (Fsp3) is 0. The molecular weight excluding hydrogens is 331 g/mol. The zero-order valence-corrected chi connectivity index (χ0v) is 13.5. The summed E-state index contributed by atoms with van der Waals surface area (Å²) in [6.07, 6.45) is 1.62. The molecule has 0 aliphatic carbocycles. The van der Waals surface area contributed by atoms with Gasteiger partial charge in [-0.1, -0.05) is 65.7 Å². The van der Waals surface area contributed by atoms with Gasteiger partial charge in [0.25, 0.3) is 5.91 Å². The minimum absolute atomic E-state index is 0.287. The average Bonchev–Trinajstić information content (AvgIpc) is 2.55. The van der Waals surface area contributed by atoms with Crippen molar-refractivity contribution < 1.29 is 4.79 Å². The van der Waals surface area contributed by atoms with Crippen molar-refractivity contribution in [1.29, 1.82) is 0 Å². The summed E-state index contributed by atoms with van der Waals surface area (Å²) in [5, 5.41) is 6.96. The highest BCUT2D eigenvalue weighted by atomic mass is 35.5. The molecule has 0 bridgehead atoms. The van der Waals surface area contributed by atoms with E-state index in [0.29, 0.717) is 10.6 Å². The maximum Gasteiger partial charge on any atom is 0.272 e. The highest BCUT2D eigenvalue weighted by Crippen LogP contribution is 2.21. The second kappa shape index (κ2) is 6.82. The summed E-state index contributed by atoms with van der Waals surface area (Å²) in [7, 11) is 0. The molecule has 0 atom stereocenters. The monoisotopic (exact) mass is 342 g/mol. The average molecular weight is 343 g/mol. The molecule has 23 heavy (non-hydrogen) atoms. The molecule has 0 aliphatic rings. The Morgan fingerprint density at radius 3 is 2.61 bits per heavy atom. The number of hydrogen-bond donors (Lipinski definition) is 1. The predicted molar refractivity (Wildman–Crippen MR) is 95.5 cm³/mol. The van der Waals surface area contributed by atoms with E-state index in [1.54, 1.807) is 18.3 Å². The maximum absolute atomic E-state index is 12.1. The van der Waals surface area contributed by atoms with Gasteiger partial charge in [-0.15, -0.1) is 0 Å². The van der Waals surface area contributed by atoms with Crippen LogP contribution in [0.3, 0.4) is 0 Å². The zero-order valence-electron chi connectivity index (χ0n) is 12.0. The first-order valence-electron chi connectivity index (χ1n) is 6.91. The summed E-state index contributed by atoms with van der Waals surface area (Å²) in [5.74, 6) is -0.386. The highest BCUT2D eigenvalue weighted by Gasteiger charge is 2.09. The van der Waals surface area contributed by atoms with Crippen molar-refractivity contribution in [2.75, 3.05) is 0 Å². The third-order valence-electron chi connectivity index (χ3n) is 3.37. The van der Waals surface area contributed by atoms with Crippen LogP contribution in [0.15, 0.2) is 65.8 Å². The molecule has 0 fully saturated rings. The van der Waals surface area contributed by atoms with Gasteiger partial charge in [-0.2, -0.15) is 5.10 Å². The molecule has 0 saturated carbocycles. The Balaban J connectivity index is 1.79. The van der Waals surface area contributed by atoms with Crippen molar-refractivity contribution in [3.05, 3.63) is 81.8 Å². The van der Waals surface area contributed by atoms with Gasteiger partial charge < -0.3 is 0 Å². The normalized spacial score (nSPS) is 11.0. The van der Waals surface area contributed by atoms with Crippen LogP contribution in [0.1, 0.15) is 15.9 Å². The van der Waals surface area contributed by atoms with Crippen molar-refractivity contribution in [3.8, 4) is 0 Å². The topological polar surface area (TPSA) is 41.5 Å². The van der Waals surface area contributed by atoms with Gasteiger partial charge in [-0.3, -0.25) is 4.79 Å². The van der Waals surface area contributed by atoms with Crippen molar-refractivity contribution in [3.63, 3.8) is 0 Å². The van der Waals surface area contributed by atoms with Crippen LogP contribution in [-0.2, 0) is 0 Å². The lowest BCUT2D eigenvalue weighted by Crippen LogP contribution is -2.18. The summed E-state index contributed by atoms with van der Waals surface area (Å²) in [4.78, 5) is 12.1. The van der Waals surface area contributed by atoms with Gasteiger partial charge in [-0.05, 0) is 29.0 Å². The Bertz CT molecular complexity index is 901. The number of carbonyl (C=O) groups is 1. The molecule has 3 aromatic rings. The van der Waals surface area contributed by atoms with Crippen LogP contribution < -0.4 is 5.43 Å². The molecule has 0 saturated heterocycles. The molecule has 0 spiro atoms. The van der Waals surface area contributed by atoms with E-state index in [4.69, 9.17) is 23.2 Å². The molecule has 1 N–H and O–H groups in total. The molecule has 0 heterocycles. The quantitative estimate of drug-likeness (QED) is 0.533. The first-order valence-corrected chi connectivity index (χ1v) is 7.67. The minimum Gasteiger partial charge on any atom is -0.267 e. The summed E-state index contributed by atoms with van der Waals surface area (Å²) < 4.78 is 0. The maximum atomic E-state index is 12.1. The van der Waals surface area contributed by atoms with Gasteiger partial charge in [0.05, 0.1) is 16.8 Å². The molecular formula is C18H12Cl2N2O. The summed E-state index contributed by atoms with van der Waals surface area (Å²) >= 11 is 11.8. The third kappa shape index (κ3) is 3.52. The number of hydrogen-bond acceptors (Lipinski definition) is 2. The van der Waals surface area contributed by atoms with Crippen LogP contribution in [0.2, 0.25) is 10.0 Å². The minimum atomic E-state index is -0.386. The van der Waals surface area contributed by atoms with E-state index in [-0.39, 0.29) is 10.9 Å². The van der Waals surface area contributed by atoms with Gasteiger partial charge in [0.1, 0.15) is 0 Å². The number of benzene rings is 3. The number of halogens is 2. The third-order valence-corrected chi connectivity index (χ3v) is 3.92. The Hall–Kier alpha value is -2.36. The Labute approximate surface area is 143 Å². The Morgan fingerprint density at radius 1 is 1.00 bits per heavy atom. The summed E-state index contributed by atoms with van der Waals surface area (Å²) in [6.45, 7) is 0. The second-order valence-corrected chi connectivity index (χ2v) is 5.74. The molecule has 114 valence electrons. The van der Waals surface area contributed by atoms with Crippen LogP contribution in [0.25, 0.3) is 10.8 Å². The van der Waals surface area contributed by atoms with Crippen LogP contribution in [0.5, 0.6) is 0 Å². The molecule has 3 nitrogen and oxygen atoms in total. The number of rotatable bonds is 3. The molecule has 0 unspecified atom stereocenters. The largest absolute Gasteiger partial charge is 0.272 e.